The van der Waals surface area contributed by atoms with Crippen LogP contribution >= 0.6 is 12.2 Å². The van der Waals surface area contributed by atoms with Crippen LogP contribution in [-0.4, -0.2) is 22.2 Å². The standard InChI is InChI=1S/C18H17N3O3S/c1-2-10-24-13-7-5-6-12(11-13)16(22)20-21-17(23)14-8-3-4-9-15(14)19-18(21)25/h3-9,11H,2,10H2,1H3,(H,19,25)(H,20,22). The fourth-order valence-corrected chi connectivity index (χ4v) is 2.62. The number of aromatic nitrogens is 2. The molecule has 0 saturated carbocycles. The maximum Gasteiger partial charge on any atom is 0.281 e. The van der Waals surface area contributed by atoms with Gasteiger partial charge in [0.2, 0.25) is 0 Å². The van der Waals surface area contributed by atoms with Gasteiger partial charge in [0.1, 0.15) is 5.75 Å². The minimum atomic E-state index is -0.446. The number of amides is 1. The third kappa shape index (κ3) is 3.61. The molecule has 0 aliphatic carbocycles. The normalized spacial score (nSPS) is 10.6. The van der Waals surface area contributed by atoms with E-state index in [9.17, 15) is 9.59 Å². The number of para-hydroxylation sites is 1. The highest BCUT2D eigenvalue weighted by atomic mass is 32.1. The zero-order valence-electron chi connectivity index (χ0n) is 13.6. The Bertz CT molecular complexity index is 1040. The number of nitrogens with zero attached hydrogens (tertiary/aromatic N) is 1. The highest BCUT2D eigenvalue weighted by Crippen LogP contribution is 2.14. The highest BCUT2D eigenvalue weighted by molar-refractivity contribution is 7.71. The number of fused-ring (bicyclic) bond motifs is 1. The lowest BCUT2D eigenvalue weighted by molar-refractivity contribution is 0.101. The van der Waals surface area contributed by atoms with E-state index in [2.05, 4.69) is 10.4 Å². The second-order valence-corrected chi connectivity index (χ2v) is 5.82. The first-order valence-electron chi connectivity index (χ1n) is 7.88. The van der Waals surface area contributed by atoms with Gasteiger partial charge in [0.15, 0.2) is 4.77 Å². The summed E-state index contributed by atoms with van der Waals surface area (Å²) in [6.07, 6.45) is 0.873. The molecule has 3 aromatic rings. The van der Waals surface area contributed by atoms with E-state index in [1.807, 2.05) is 6.92 Å². The Morgan fingerprint density at radius 2 is 2.04 bits per heavy atom. The van der Waals surface area contributed by atoms with Gasteiger partial charge in [0.05, 0.1) is 17.5 Å². The summed E-state index contributed by atoms with van der Waals surface area (Å²) in [5.41, 5.74) is 3.16. The van der Waals surface area contributed by atoms with Crippen molar-refractivity contribution in [2.24, 2.45) is 0 Å². The van der Waals surface area contributed by atoms with E-state index in [1.165, 1.54) is 0 Å². The summed E-state index contributed by atoms with van der Waals surface area (Å²) >= 11 is 5.19. The fourth-order valence-electron chi connectivity index (χ4n) is 2.38. The van der Waals surface area contributed by atoms with E-state index in [4.69, 9.17) is 17.0 Å². The number of hydrogen-bond acceptors (Lipinski definition) is 4. The van der Waals surface area contributed by atoms with Crippen LogP contribution in [0.2, 0.25) is 0 Å². The van der Waals surface area contributed by atoms with Gasteiger partial charge in [-0.25, -0.2) is 0 Å². The zero-order valence-corrected chi connectivity index (χ0v) is 14.4. The van der Waals surface area contributed by atoms with Crippen molar-refractivity contribution in [3.05, 3.63) is 69.2 Å². The molecule has 25 heavy (non-hydrogen) atoms. The Labute approximate surface area is 149 Å². The average molecular weight is 355 g/mol. The molecule has 1 heterocycles. The number of carbonyl (C=O) groups is 1. The fraction of sp³-hybridized carbons (Fsp3) is 0.167. The van der Waals surface area contributed by atoms with Gasteiger partial charge in [-0.1, -0.05) is 25.1 Å². The Hall–Kier alpha value is -2.93. The van der Waals surface area contributed by atoms with Crippen LogP contribution < -0.4 is 15.7 Å². The first-order chi connectivity index (χ1) is 12.1. The summed E-state index contributed by atoms with van der Waals surface area (Å²) in [4.78, 5) is 28.0. The summed E-state index contributed by atoms with van der Waals surface area (Å²) in [7, 11) is 0. The second-order valence-electron chi connectivity index (χ2n) is 5.43. The molecule has 0 radical (unpaired) electrons. The smallest absolute Gasteiger partial charge is 0.281 e. The Balaban J connectivity index is 1.92. The third-order valence-corrected chi connectivity index (χ3v) is 3.87. The minimum Gasteiger partial charge on any atom is -0.494 e. The van der Waals surface area contributed by atoms with Crippen LogP contribution in [0, 0.1) is 4.77 Å². The van der Waals surface area contributed by atoms with Gasteiger partial charge >= 0.3 is 0 Å². The molecular weight excluding hydrogens is 338 g/mol. The molecule has 7 heteroatoms. The first-order valence-corrected chi connectivity index (χ1v) is 8.29. The molecule has 0 unspecified atom stereocenters. The number of carbonyl (C=O) groups excluding carboxylic acids is 1. The van der Waals surface area contributed by atoms with Crippen molar-refractivity contribution in [1.29, 1.82) is 0 Å². The van der Waals surface area contributed by atoms with Gasteiger partial charge in [-0.15, -0.1) is 0 Å². The molecular formula is C18H17N3O3S. The summed E-state index contributed by atoms with van der Waals surface area (Å²) in [5.74, 6) is 0.157. The molecule has 3 rings (SSSR count). The number of benzene rings is 2. The molecule has 6 nitrogen and oxygen atoms in total. The summed E-state index contributed by atoms with van der Waals surface area (Å²) in [6, 6.07) is 13.8. The molecule has 1 aromatic heterocycles. The summed E-state index contributed by atoms with van der Waals surface area (Å²) in [5, 5.41) is 0.441. The minimum absolute atomic E-state index is 0.121. The largest absolute Gasteiger partial charge is 0.494 e. The first kappa shape index (κ1) is 16.9. The van der Waals surface area contributed by atoms with Crippen LogP contribution in [0.25, 0.3) is 10.9 Å². The van der Waals surface area contributed by atoms with E-state index >= 15 is 0 Å². The third-order valence-electron chi connectivity index (χ3n) is 3.59. The van der Waals surface area contributed by atoms with Crippen molar-refractivity contribution >= 4 is 29.0 Å². The predicted molar refractivity (Wildman–Crippen MR) is 99.3 cm³/mol. The maximum absolute atomic E-state index is 12.6. The molecule has 0 atom stereocenters. The monoisotopic (exact) mass is 355 g/mol. The number of nitrogens with one attached hydrogen (secondary N) is 2. The van der Waals surface area contributed by atoms with Crippen molar-refractivity contribution < 1.29 is 9.53 Å². The molecule has 0 fully saturated rings. The number of H-pyrrole nitrogens is 1. The molecule has 0 bridgehead atoms. The highest BCUT2D eigenvalue weighted by Gasteiger charge is 2.11. The molecule has 1 amide bonds. The molecule has 0 aliphatic rings. The molecule has 2 aromatic carbocycles. The van der Waals surface area contributed by atoms with E-state index in [1.54, 1.807) is 48.5 Å². The zero-order chi connectivity index (χ0) is 17.8. The lowest BCUT2D eigenvalue weighted by atomic mass is 10.2. The van der Waals surface area contributed by atoms with Gasteiger partial charge in [-0.05, 0) is 49.0 Å². The van der Waals surface area contributed by atoms with Gasteiger partial charge < -0.3 is 9.72 Å². The molecule has 2 N–H and O–H groups in total. The van der Waals surface area contributed by atoms with Crippen molar-refractivity contribution in [3.63, 3.8) is 0 Å². The Morgan fingerprint density at radius 1 is 1.24 bits per heavy atom. The quantitative estimate of drug-likeness (QED) is 0.689. The molecule has 0 saturated heterocycles. The topological polar surface area (TPSA) is 76.1 Å². The lowest BCUT2D eigenvalue weighted by Crippen LogP contribution is -2.34. The van der Waals surface area contributed by atoms with Crippen LogP contribution in [0.4, 0.5) is 0 Å². The van der Waals surface area contributed by atoms with Gasteiger partial charge in [-0.3, -0.25) is 15.0 Å². The van der Waals surface area contributed by atoms with Crippen LogP contribution in [0.1, 0.15) is 23.7 Å². The summed E-state index contributed by atoms with van der Waals surface area (Å²) in [6.45, 7) is 2.57. The van der Waals surface area contributed by atoms with Crippen molar-refractivity contribution in [3.8, 4) is 5.75 Å². The lowest BCUT2D eigenvalue weighted by Gasteiger charge is -2.11. The van der Waals surface area contributed by atoms with Crippen molar-refractivity contribution in [1.82, 2.24) is 9.66 Å². The number of aromatic amines is 1. The van der Waals surface area contributed by atoms with Gasteiger partial charge in [0, 0.05) is 5.56 Å². The Kier molecular flexibility index (Phi) is 4.95. The van der Waals surface area contributed by atoms with Gasteiger partial charge in [-0.2, -0.15) is 4.68 Å². The second kappa shape index (κ2) is 7.31. The molecule has 0 spiro atoms. The van der Waals surface area contributed by atoms with E-state index < -0.39 is 5.91 Å². The average Bonchev–Trinajstić information content (AvgIpc) is 2.63. The van der Waals surface area contributed by atoms with E-state index in [0.717, 1.165) is 11.1 Å². The van der Waals surface area contributed by atoms with E-state index in [0.29, 0.717) is 28.8 Å². The van der Waals surface area contributed by atoms with Crippen molar-refractivity contribution in [2.45, 2.75) is 13.3 Å². The van der Waals surface area contributed by atoms with Crippen LogP contribution in [0.3, 0.4) is 0 Å². The molecule has 128 valence electrons. The van der Waals surface area contributed by atoms with Gasteiger partial charge in [0.25, 0.3) is 11.5 Å². The number of rotatable bonds is 5. The van der Waals surface area contributed by atoms with Crippen LogP contribution in [0.5, 0.6) is 5.75 Å². The van der Waals surface area contributed by atoms with Crippen molar-refractivity contribution in [2.75, 3.05) is 12.0 Å². The predicted octanol–water partition coefficient (Wildman–Crippen LogP) is 3.23. The van der Waals surface area contributed by atoms with Crippen LogP contribution in [-0.2, 0) is 0 Å². The van der Waals surface area contributed by atoms with Crippen LogP contribution in [0.15, 0.2) is 53.3 Å². The maximum atomic E-state index is 12.6. The molecule has 0 aliphatic heterocycles. The number of hydrogen-bond donors (Lipinski definition) is 2. The Morgan fingerprint density at radius 3 is 2.84 bits per heavy atom. The number of ether oxygens (including phenoxy) is 1. The summed E-state index contributed by atoms with van der Waals surface area (Å²) < 4.78 is 6.69. The van der Waals surface area contributed by atoms with E-state index in [-0.39, 0.29) is 10.3 Å². The SMILES string of the molecule is CCCOc1cccc(C(=O)Nn2c(=S)[nH]c3ccccc3c2=O)c1.